The Labute approximate surface area is 144 Å². The molecule has 24 heavy (non-hydrogen) atoms. The van der Waals surface area contributed by atoms with E-state index in [4.69, 9.17) is 21.3 Å². The van der Waals surface area contributed by atoms with Crippen LogP contribution in [0.1, 0.15) is 5.69 Å². The molecule has 0 bridgehead atoms. The number of aromatic amines is 1. The average Bonchev–Trinajstić information content (AvgIpc) is 3.01. The highest BCUT2D eigenvalue weighted by Crippen LogP contribution is 2.28. The molecular weight excluding hydrogens is 328 g/mol. The summed E-state index contributed by atoms with van der Waals surface area (Å²) in [5, 5.41) is 11.9. The molecule has 1 aliphatic heterocycles. The first-order valence-electron chi connectivity index (χ1n) is 7.78. The second kappa shape index (κ2) is 6.26. The number of hydrogen-bond donors (Lipinski definition) is 2. The molecule has 124 valence electrons. The lowest BCUT2D eigenvalue weighted by atomic mass is 10.2. The molecule has 0 saturated carbocycles. The Morgan fingerprint density at radius 1 is 1.21 bits per heavy atom. The van der Waals surface area contributed by atoms with E-state index in [1.165, 1.54) is 0 Å². The first kappa shape index (κ1) is 15.2. The van der Waals surface area contributed by atoms with Gasteiger partial charge in [-0.1, -0.05) is 11.6 Å². The number of morpholine rings is 1. The number of fused-ring (bicyclic) bond motifs is 1. The van der Waals surface area contributed by atoms with Gasteiger partial charge in [-0.3, -0.25) is 5.10 Å². The van der Waals surface area contributed by atoms with Crippen LogP contribution in [0.3, 0.4) is 0 Å². The van der Waals surface area contributed by atoms with Crippen molar-refractivity contribution < 1.29 is 4.74 Å². The molecule has 1 aliphatic rings. The first-order valence-corrected chi connectivity index (χ1v) is 8.16. The summed E-state index contributed by atoms with van der Waals surface area (Å²) in [6.07, 6.45) is 0. The van der Waals surface area contributed by atoms with Crippen molar-refractivity contribution >= 4 is 40.1 Å². The number of ether oxygens (including phenoxy) is 1. The van der Waals surface area contributed by atoms with Crippen LogP contribution in [0.4, 0.5) is 17.6 Å². The monoisotopic (exact) mass is 344 g/mol. The van der Waals surface area contributed by atoms with Gasteiger partial charge in [0.15, 0.2) is 5.82 Å². The Morgan fingerprint density at radius 2 is 2.04 bits per heavy atom. The quantitative estimate of drug-likeness (QED) is 0.760. The Balaban J connectivity index is 1.79. The summed E-state index contributed by atoms with van der Waals surface area (Å²) in [6, 6.07) is 7.53. The smallest absolute Gasteiger partial charge is 0.228 e. The minimum Gasteiger partial charge on any atom is -0.378 e. The zero-order valence-corrected chi connectivity index (χ0v) is 14.0. The van der Waals surface area contributed by atoms with Gasteiger partial charge in [-0.25, -0.2) is 4.98 Å². The van der Waals surface area contributed by atoms with E-state index < -0.39 is 0 Å². The number of nitrogens with one attached hydrogen (secondary N) is 2. The number of hydrogen-bond acceptors (Lipinski definition) is 6. The van der Waals surface area contributed by atoms with Gasteiger partial charge in [-0.15, -0.1) is 0 Å². The Morgan fingerprint density at radius 3 is 2.79 bits per heavy atom. The largest absolute Gasteiger partial charge is 0.378 e. The van der Waals surface area contributed by atoms with Gasteiger partial charge in [0.1, 0.15) is 5.82 Å². The van der Waals surface area contributed by atoms with Crippen LogP contribution >= 0.6 is 11.6 Å². The summed E-state index contributed by atoms with van der Waals surface area (Å²) >= 11 is 6.15. The number of halogens is 1. The number of H-pyrrole nitrogens is 1. The summed E-state index contributed by atoms with van der Waals surface area (Å²) in [5.41, 5.74) is 1.81. The average molecular weight is 345 g/mol. The van der Waals surface area contributed by atoms with Crippen LogP contribution < -0.4 is 10.2 Å². The zero-order chi connectivity index (χ0) is 16.5. The molecule has 3 heterocycles. The maximum atomic E-state index is 6.15. The summed E-state index contributed by atoms with van der Waals surface area (Å²) in [4.78, 5) is 11.5. The Kier molecular flexibility index (Phi) is 3.95. The van der Waals surface area contributed by atoms with Crippen LogP contribution in [0.15, 0.2) is 24.3 Å². The minimum absolute atomic E-state index is 0.645. The molecule has 1 aromatic carbocycles. The highest BCUT2D eigenvalue weighted by molar-refractivity contribution is 6.31. The highest BCUT2D eigenvalue weighted by atomic mass is 35.5. The van der Waals surface area contributed by atoms with E-state index in [0.717, 1.165) is 29.7 Å². The van der Waals surface area contributed by atoms with Gasteiger partial charge in [0.25, 0.3) is 0 Å². The number of rotatable bonds is 3. The van der Waals surface area contributed by atoms with E-state index >= 15 is 0 Å². The van der Waals surface area contributed by atoms with Crippen molar-refractivity contribution in [2.45, 2.75) is 6.92 Å². The number of nitrogens with zero attached hydrogens (tertiary/aromatic N) is 4. The number of aromatic nitrogens is 4. The second-order valence-electron chi connectivity index (χ2n) is 5.69. The van der Waals surface area contributed by atoms with Gasteiger partial charge in [0.2, 0.25) is 5.95 Å². The maximum absolute atomic E-state index is 6.15. The minimum atomic E-state index is 0.645. The zero-order valence-electron chi connectivity index (χ0n) is 13.2. The van der Waals surface area contributed by atoms with Crippen LogP contribution in [0.5, 0.6) is 0 Å². The normalized spacial score (nSPS) is 15.0. The summed E-state index contributed by atoms with van der Waals surface area (Å²) < 4.78 is 5.41. The van der Waals surface area contributed by atoms with Gasteiger partial charge in [0, 0.05) is 35.3 Å². The molecule has 2 aromatic heterocycles. The van der Waals surface area contributed by atoms with Crippen LogP contribution in [-0.4, -0.2) is 46.5 Å². The molecule has 0 radical (unpaired) electrons. The number of aryl methyl sites for hydroxylation is 1. The van der Waals surface area contributed by atoms with E-state index in [-0.39, 0.29) is 0 Å². The molecular formula is C16H17ClN6O. The van der Waals surface area contributed by atoms with E-state index in [1.54, 1.807) is 0 Å². The Bertz CT molecular complexity index is 874. The lowest BCUT2D eigenvalue weighted by Gasteiger charge is -2.27. The van der Waals surface area contributed by atoms with E-state index in [9.17, 15) is 0 Å². The summed E-state index contributed by atoms with van der Waals surface area (Å²) in [5.74, 6) is 2.08. The molecule has 0 unspecified atom stereocenters. The first-order chi connectivity index (χ1) is 11.7. The fourth-order valence-corrected chi connectivity index (χ4v) is 2.86. The van der Waals surface area contributed by atoms with Crippen LogP contribution in [-0.2, 0) is 4.74 Å². The molecule has 7 nitrogen and oxygen atoms in total. The third-order valence-electron chi connectivity index (χ3n) is 3.89. The van der Waals surface area contributed by atoms with Gasteiger partial charge >= 0.3 is 0 Å². The third-order valence-corrected chi connectivity index (χ3v) is 4.13. The maximum Gasteiger partial charge on any atom is 0.228 e. The molecule has 0 atom stereocenters. The molecule has 0 amide bonds. The lowest BCUT2D eigenvalue weighted by molar-refractivity contribution is 0.122. The molecule has 8 heteroatoms. The number of anilines is 3. The molecule has 0 aliphatic carbocycles. The third kappa shape index (κ3) is 3.00. The van der Waals surface area contributed by atoms with Crippen molar-refractivity contribution in [3.05, 3.63) is 35.0 Å². The molecule has 1 fully saturated rings. The second-order valence-corrected chi connectivity index (χ2v) is 6.13. The van der Waals surface area contributed by atoms with Crippen molar-refractivity contribution in [1.29, 1.82) is 0 Å². The van der Waals surface area contributed by atoms with Crippen molar-refractivity contribution in [3.63, 3.8) is 0 Å². The van der Waals surface area contributed by atoms with Crippen molar-refractivity contribution in [3.8, 4) is 0 Å². The van der Waals surface area contributed by atoms with Gasteiger partial charge < -0.3 is 15.0 Å². The molecule has 4 rings (SSSR count). The fourth-order valence-electron chi connectivity index (χ4n) is 2.69. The molecule has 0 spiro atoms. The summed E-state index contributed by atoms with van der Waals surface area (Å²) in [6.45, 7) is 4.87. The standard InChI is InChI=1S/C16H17ClN6O/c1-10-8-14(22-21-10)19-15-12-9-11(17)2-3-13(12)18-16(20-15)23-4-6-24-7-5-23/h2-3,8-9H,4-7H2,1H3,(H2,18,19,20,21,22). The van der Waals surface area contributed by atoms with Crippen molar-refractivity contribution in [1.82, 2.24) is 20.2 Å². The van der Waals surface area contributed by atoms with Crippen LogP contribution in [0.25, 0.3) is 10.9 Å². The fraction of sp³-hybridized carbons (Fsp3) is 0.312. The summed E-state index contributed by atoms with van der Waals surface area (Å²) in [7, 11) is 0. The molecule has 3 aromatic rings. The van der Waals surface area contributed by atoms with E-state index in [2.05, 4.69) is 25.4 Å². The van der Waals surface area contributed by atoms with E-state index in [0.29, 0.717) is 35.8 Å². The topological polar surface area (TPSA) is 79.0 Å². The highest BCUT2D eigenvalue weighted by Gasteiger charge is 2.17. The van der Waals surface area contributed by atoms with Gasteiger partial charge in [-0.05, 0) is 25.1 Å². The SMILES string of the molecule is Cc1cc(Nc2nc(N3CCOCC3)nc3ccc(Cl)cc23)n[nH]1. The molecule has 1 saturated heterocycles. The van der Waals surface area contributed by atoms with Gasteiger partial charge in [0.05, 0.1) is 18.7 Å². The van der Waals surface area contributed by atoms with Crippen molar-refractivity contribution in [2.75, 3.05) is 36.5 Å². The predicted octanol–water partition coefficient (Wildman–Crippen LogP) is 2.89. The number of benzene rings is 1. The lowest BCUT2D eigenvalue weighted by Crippen LogP contribution is -2.37. The van der Waals surface area contributed by atoms with Crippen LogP contribution in [0.2, 0.25) is 5.02 Å². The Hall–Kier alpha value is -2.38. The van der Waals surface area contributed by atoms with Crippen molar-refractivity contribution in [2.24, 2.45) is 0 Å². The van der Waals surface area contributed by atoms with Crippen LogP contribution in [0, 0.1) is 6.92 Å². The van der Waals surface area contributed by atoms with E-state index in [1.807, 2.05) is 31.2 Å². The predicted molar refractivity (Wildman–Crippen MR) is 94.2 cm³/mol. The molecule has 2 N–H and O–H groups in total. The van der Waals surface area contributed by atoms with Gasteiger partial charge in [-0.2, -0.15) is 10.1 Å².